The molecule has 0 spiro atoms. The van der Waals surface area contributed by atoms with Crippen LogP contribution in [-0.4, -0.2) is 72.0 Å². The number of aliphatic hydroxyl groups excluding tert-OH is 2. The van der Waals surface area contributed by atoms with Crippen LogP contribution in [0.15, 0.2) is 0 Å². The molecule has 0 aromatic heterocycles. The predicted molar refractivity (Wildman–Crippen MR) is 72.2 cm³/mol. The van der Waals surface area contributed by atoms with Crippen LogP contribution in [0.2, 0.25) is 0 Å². The van der Waals surface area contributed by atoms with Gasteiger partial charge in [0.15, 0.2) is 0 Å². The first-order chi connectivity index (χ1) is 8.19. The number of nitrogens with zero attached hydrogens (tertiary/aromatic N) is 2. The molecular weight excluding hydrogens is 216 g/mol. The van der Waals surface area contributed by atoms with Gasteiger partial charge in [0.25, 0.3) is 0 Å². The second-order valence-corrected chi connectivity index (χ2v) is 4.50. The average Bonchev–Trinajstić information content (AvgIpc) is 2.34. The van der Waals surface area contributed by atoms with Gasteiger partial charge >= 0.3 is 0 Å². The summed E-state index contributed by atoms with van der Waals surface area (Å²) in [5, 5.41) is 17.9. The molecular formula is C13H30N2O2. The maximum Gasteiger partial charge on any atom is 0.0558 e. The summed E-state index contributed by atoms with van der Waals surface area (Å²) in [6.07, 6.45) is 2.30. The summed E-state index contributed by atoms with van der Waals surface area (Å²) in [6, 6.07) is 0.435. The lowest BCUT2D eigenvalue weighted by atomic mass is 10.1. The Labute approximate surface area is 106 Å². The Morgan fingerprint density at radius 1 is 0.941 bits per heavy atom. The van der Waals surface area contributed by atoms with Gasteiger partial charge in [0.2, 0.25) is 0 Å². The molecule has 17 heavy (non-hydrogen) atoms. The molecule has 0 aliphatic rings. The number of aliphatic hydroxyl groups is 2. The molecule has 4 nitrogen and oxygen atoms in total. The zero-order chi connectivity index (χ0) is 13.1. The summed E-state index contributed by atoms with van der Waals surface area (Å²) < 4.78 is 0. The topological polar surface area (TPSA) is 46.9 Å². The summed E-state index contributed by atoms with van der Waals surface area (Å²) in [4.78, 5) is 4.58. The van der Waals surface area contributed by atoms with E-state index in [4.69, 9.17) is 10.2 Å². The third kappa shape index (κ3) is 7.71. The van der Waals surface area contributed by atoms with E-state index in [1.165, 1.54) is 6.42 Å². The van der Waals surface area contributed by atoms with E-state index in [0.717, 1.165) is 26.1 Å². The zero-order valence-electron chi connectivity index (χ0n) is 11.7. The van der Waals surface area contributed by atoms with Gasteiger partial charge in [-0.2, -0.15) is 0 Å². The smallest absolute Gasteiger partial charge is 0.0558 e. The molecule has 1 atom stereocenters. The van der Waals surface area contributed by atoms with Crippen molar-refractivity contribution >= 4 is 0 Å². The summed E-state index contributed by atoms with van der Waals surface area (Å²) in [6.45, 7) is 11.6. The van der Waals surface area contributed by atoms with E-state index in [1.807, 2.05) is 0 Å². The van der Waals surface area contributed by atoms with Gasteiger partial charge in [0.05, 0.1) is 13.2 Å². The normalized spacial score (nSPS) is 13.6. The standard InChI is InChI=1S/C13H30N2O2/c1-4-14(5-2)8-6-7-13(3)15(9-11-16)10-12-17/h13,16-17H,4-12H2,1-3H3. The van der Waals surface area contributed by atoms with E-state index < -0.39 is 0 Å². The maximum absolute atomic E-state index is 8.97. The highest BCUT2D eigenvalue weighted by Gasteiger charge is 2.12. The van der Waals surface area contributed by atoms with Crippen LogP contribution >= 0.6 is 0 Å². The van der Waals surface area contributed by atoms with Gasteiger partial charge in [-0.1, -0.05) is 13.8 Å². The van der Waals surface area contributed by atoms with Crippen LogP contribution in [0.4, 0.5) is 0 Å². The van der Waals surface area contributed by atoms with Crippen molar-refractivity contribution in [3.8, 4) is 0 Å². The van der Waals surface area contributed by atoms with Crippen LogP contribution in [0.1, 0.15) is 33.6 Å². The number of hydrogen-bond acceptors (Lipinski definition) is 4. The second-order valence-electron chi connectivity index (χ2n) is 4.50. The van der Waals surface area contributed by atoms with Crippen molar-refractivity contribution in [2.24, 2.45) is 0 Å². The molecule has 0 bridgehead atoms. The van der Waals surface area contributed by atoms with Gasteiger partial charge in [-0.25, -0.2) is 0 Å². The molecule has 0 aromatic carbocycles. The maximum atomic E-state index is 8.97. The molecule has 4 heteroatoms. The molecule has 0 aliphatic heterocycles. The lowest BCUT2D eigenvalue weighted by Gasteiger charge is -2.28. The minimum Gasteiger partial charge on any atom is -0.395 e. The highest BCUT2D eigenvalue weighted by atomic mass is 16.3. The predicted octanol–water partition coefficient (Wildman–Crippen LogP) is 0.784. The fraction of sp³-hybridized carbons (Fsp3) is 1.00. The van der Waals surface area contributed by atoms with E-state index in [2.05, 4.69) is 30.6 Å². The fourth-order valence-electron chi connectivity index (χ4n) is 2.14. The monoisotopic (exact) mass is 246 g/mol. The van der Waals surface area contributed by atoms with Crippen molar-refractivity contribution < 1.29 is 10.2 Å². The van der Waals surface area contributed by atoms with Gasteiger partial charge < -0.3 is 15.1 Å². The van der Waals surface area contributed by atoms with Crippen LogP contribution in [0.25, 0.3) is 0 Å². The largest absolute Gasteiger partial charge is 0.395 e. The van der Waals surface area contributed by atoms with Crippen molar-refractivity contribution in [1.82, 2.24) is 9.80 Å². The Hall–Kier alpha value is -0.160. The Morgan fingerprint density at radius 2 is 1.47 bits per heavy atom. The van der Waals surface area contributed by atoms with Crippen molar-refractivity contribution in [3.63, 3.8) is 0 Å². The molecule has 1 unspecified atom stereocenters. The average molecular weight is 246 g/mol. The van der Waals surface area contributed by atoms with E-state index in [1.54, 1.807) is 0 Å². The highest BCUT2D eigenvalue weighted by Crippen LogP contribution is 2.07. The Bertz CT molecular complexity index is 157. The van der Waals surface area contributed by atoms with Crippen molar-refractivity contribution in [2.75, 3.05) is 45.9 Å². The first-order valence-electron chi connectivity index (χ1n) is 6.87. The van der Waals surface area contributed by atoms with Gasteiger partial charge in [-0.3, -0.25) is 4.90 Å². The summed E-state index contributed by atoms with van der Waals surface area (Å²) in [5.74, 6) is 0. The quantitative estimate of drug-likeness (QED) is 0.566. The van der Waals surface area contributed by atoms with E-state index >= 15 is 0 Å². The molecule has 0 heterocycles. The minimum absolute atomic E-state index is 0.167. The van der Waals surface area contributed by atoms with Crippen LogP contribution < -0.4 is 0 Å². The third-order valence-corrected chi connectivity index (χ3v) is 3.39. The summed E-state index contributed by atoms with van der Waals surface area (Å²) in [7, 11) is 0. The Kier molecular flexibility index (Phi) is 10.9. The third-order valence-electron chi connectivity index (χ3n) is 3.39. The summed E-state index contributed by atoms with van der Waals surface area (Å²) in [5.41, 5.74) is 0. The van der Waals surface area contributed by atoms with Crippen molar-refractivity contribution in [1.29, 1.82) is 0 Å². The SMILES string of the molecule is CCN(CC)CCCC(C)N(CCO)CCO. The molecule has 0 radical (unpaired) electrons. The summed E-state index contributed by atoms with van der Waals surface area (Å²) >= 11 is 0. The lowest BCUT2D eigenvalue weighted by molar-refractivity contribution is 0.121. The molecule has 2 N–H and O–H groups in total. The molecule has 0 rings (SSSR count). The molecule has 0 aliphatic carbocycles. The molecule has 0 saturated carbocycles. The van der Waals surface area contributed by atoms with Gasteiger partial charge in [0, 0.05) is 19.1 Å². The van der Waals surface area contributed by atoms with Crippen LogP contribution in [0.5, 0.6) is 0 Å². The Balaban J connectivity index is 3.83. The van der Waals surface area contributed by atoms with E-state index in [9.17, 15) is 0 Å². The van der Waals surface area contributed by atoms with Crippen LogP contribution in [0, 0.1) is 0 Å². The Morgan fingerprint density at radius 3 is 1.88 bits per heavy atom. The number of rotatable bonds is 11. The molecule has 0 aromatic rings. The highest BCUT2D eigenvalue weighted by molar-refractivity contribution is 4.68. The van der Waals surface area contributed by atoms with E-state index in [0.29, 0.717) is 19.1 Å². The molecule has 104 valence electrons. The molecule has 0 saturated heterocycles. The van der Waals surface area contributed by atoms with Crippen molar-refractivity contribution in [3.05, 3.63) is 0 Å². The van der Waals surface area contributed by atoms with Crippen LogP contribution in [-0.2, 0) is 0 Å². The second kappa shape index (κ2) is 11.0. The number of hydrogen-bond donors (Lipinski definition) is 2. The van der Waals surface area contributed by atoms with Gasteiger partial charge in [0.1, 0.15) is 0 Å². The van der Waals surface area contributed by atoms with Gasteiger partial charge in [-0.05, 0) is 39.4 Å². The zero-order valence-corrected chi connectivity index (χ0v) is 11.7. The van der Waals surface area contributed by atoms with Gasteiger partial charge in [-0.15, -0.1) is 0 Å². The fourth-order valence-corrected chi connectivity index (χ4v) is 2.14. The first-order valence-corrected chi connectivity index (χ1v) is 6.87. The van der Waals surface area contributed by atoms with Crippen molar-refractivity contribution in [2.45, 2.75) is 39.7 Å². The lowest BCUT2D eigenvalue weighted by Crippen LogP contribution is -2.38. The van der Waals surface area contributed by atoms with E-state index in [-0.39, 0.29) is 13.2 Å². The minimum atomic E-state index is 0.167. The van der Waals surface area contributed by atoms with Crippen LogP contribution in [0.3, 0.4) is 0 Å². The first kappa shape index (κ1) is 16.8. The molecule has 0 amide bonds. The molecule has 0 fully saturated rings.